The lowest BCUT2D eigenvalue weighted by Crippen LogP contribution is -2.13. The zero-order valence-corrected chi connectivity index (χ0v) is 23.7. The molecule has 0 spiro atoms. The maximum absolute atomic E-state index is 13.1. The zero-order chi connectivity index (χ0) is 27.7. The van der Waals surface area contributed by atoms with Crippen molar-refractivity contribution >= 4 is 33.1 Å². The first-order valence-electron chi connectivity index (χ1n) is 11.7. The Morgan fingerprint density at radius 3 is 2.45 bits per heavy atom. The van der Waals surface area contributed by atoms with Crippen LogP contribution < -0.4 is 18.9 Å². The number of nitrogens with one attached hydrogen (secondary N) is 1. The summed E-state index contributed by atoms with van der Waals surface area (Å²) in [6.07, 6.45) is 6.30. The standard InChI is InChI=1S/C25H31N5O6S2/c1-25(2,3)37-22-15-30-19(13-26-23(30)11-20(22)36-8-7-31)16-9-18(24(35-6)21(10-16)34-5)28-38(32,33)17-12-27-29(4)14-17/h9-15,28,31H,7-8H2,1-6H3. The smallest absolute Gasteiger partial charge is 0.265 e. The van der Waals surface area contributed by atoms with Crippen LogP contribution in [0.2, 0.25) is 0 Å². The van der Waals surface area contributed by atoms with E-state index in [9.17, 15) is 13.5 Å². The normalized spacial score (nSPS) is 12.1. The van der Waals surface area contributed by atoms with Crippen LogP contribution in [-0.2, 0) is 17.1 Å². The first kappa shape index (κ1) is 27.6. The van der Waals surface area contributed by atoms with Gasteiger partial charge in [0, 0.05) is 35.8 Å². The minimum Gasteiger partial charge on any atom is -0.493 e. The number of ether oxygens (including phenoxy) is 3. The maximum atomic E-state index is 13.1. The third-order valence-electron chi connectivity index (χ3n) is 5.35. The quantitative estimate of drug-likeness (QED) is 0.278. The van der Waals surface area contributed by atoms with Crippen molar-refractivity contribution in [2.24, 2.45) is 7.05 Å². The van der Waals surface area contributed by atoms with Gasteiger partial charge < -0.3 is 19.3 Å². The van der Waals surface area contributed by atoms with E-state index in [2.05, 4.69) is 35.6 Å². The Bertz CT molecular complexity index is 1560. The molecule has 204 valence electrons. The first-order valence-corrected chi connectivity index (χ1v) is 14.0. The topological polar surface area (TPSA) is 129 Å². The predicted octanol–water partition coefficient (Wildman–Crippen LogP) is 3.81. The van der Waals surface area contributed by atoms with E-state index in [0.717, 1.165) is 4.90 Å². The Labute approximate surface area is 225 Å². The Kier molecular flexibility index (Phi) is 7.81. The zero-order valence-electron chi connectivity index (χ0n) is 22.0. The number of imidazole rings is 1. The fourth-order valence-corrected chi connectivity index (χ4v) is 5.88. The number of sulfonamides is 1. The lowest BCUT2D eigenvalue weighted by Gasteiger charge is -2.20. The van der Waals surface area contributed by atoms with Crippen LogP contribution in [0.4, 0.5) is 5.69 Å². The van der Waals surface area contributed by atoms with Gasteiger partial charge in [0.05, 0.1) is 49.5 Å². The van der Waals surface area contributed by atoms with E-state index in [4.69, 9.17) is 14.2 Å². The number of hydrogen-bond acceptors (Lipinski definition) is 9. The number of methoxy groups -OCH3 is 2. The number of nitrogens with zero attached hydrogens (tertiary/aromatic N) is 4. The summed E-state index contributed by atoms with van der Waals surface area (Å²) in [7, 11) is 0.615. The van der Waals surface area contributed by atoms with Crippen molar-refractivity contribution in [2.45, 2.75) is 35.3 Å². The van der Waals surface area contributed by atoms with Crippen molar-refractivity contribution in [1.29, 1.82) is 0 Å². The minimum absolute atomic E-state index is 0.0143. The van der Waals surface area contributed by atoms with Gasteiger partial charge in [0.2, 0.25) is 0 Å². The number of thioether (sulfide) groups is 1. The molecule has 0 unspecified atom stereocenters. The fourth-order valence-electron chi connectivity index (χ4n) is 3.80. The number of aromatic nitrogens is 4. The molecule has 0 atom stereocenters. The minimum atomic E-state index is -3.95. The predicted molar refractivity (Wildman–Crippen MR) is 146 cm³/mol. The SMILES string of the molecule is COc1cc(-c2cnc3cc(OCCO)c(SC(C)(C)C)cn23)cc(NS(=O)(=O)c2cnn(C)c2)c1OC. The van der Waals surface area contributed by atoms with Gasteiger partial charge in [-0.15, -0.1) is 11.8 Å². The molecule has 0 amide bonds. The monoisotopic (exact) mass is 561 g/mol. The molecule has 4 aromatic rings. The molecule has 4 rings (SSSR count). The van der Waals surface area contributed by atoms with Gasteiger partial charge in [-0.25, -0.2) is 13.4 Å². The summed E-state index contributed by atoms with van der Waals surface area (Å²) < 4.78 is 48.8. The van der Waals surface area contributed by atoms with Gasteiger partial charge in [0.25, 0.3) is 10.0 Å². The average molecular weight is 562 g/mol. The first-order chi connectivity index (χ1) is 18.0. The highest BCUT2D eigenvalue weighted by Gasteiger charge is 2.23. The molecule has 1 aromatic carbocycles. The van der Waals surface area contributed by atoms with Crippen LogP contribution in [-0.4, -0.2) is 64.9 Å². The van der Waals surface area contributed by atoms with Crippen LogP contribution in [0.15, 0.2) is 52.8 Å². The van der Waals surface area contributed by atoms with Gasteiger partial charge in [0.15, 0.2) is 11.5 Å². The van der Waals surface area contributed by atoms with E-state index in [1.165, 1.54) is 31.3 Å². The Balaban J connectivity index is 1.85. The Morgan fingerprint density at radius 1 is 1.08 bits per heavy atom. The molecule has 38 heavy (non-hydrogen) atoms. The van der Waals surface area contributed by atoms with Crippen LogP contribution in [0.3, 0.4) is 0 Å². The maximum Gasteiger partial charge on any atom is 0.265 e. The van der Waals surface area contributed by atoms with Crippen LogP contribution in [0, 0.1) is 0 Å². The number of aryl methyl sites for hydroxylation is 1. The second-order valence-corrected chi connectivity index (χ2v) is 12.9. The molecular formula is C25H31N5O6S2. The number of fused-ring (bicyclic) bond motifs is 1. The summed E-state index contributed by atoms with van der Waals surface area (Å²) in [5.41, 5.74) is 2.17. The highest BCUT2D eigenvalue weighted by Crippen LogP contribution is 2.42. The van der Waals surface area contributed by atoms with Crippen molar-refractivity contribution < 1.29 is 27.7 Å². The molecule has 11 nitrogen and oxygen atoms in total. The van der Waals surface area contributed by atoms with Gasteiger partial charge in [0.1, 0.15) is 22.9 Å². The molecule has 0 bridgehead atoms. The second kappa shape index (κ2) is 10.8. The van der Waals surface area contributed by atoms with Crippen molar-refractivity contribution in [3.05, 3.63) is 43.0 Å². The van der Waals surface area contributed by atoms with E-state index in [0.29, 0.717) is 28.4 Å². The lowest BCUT2D eigenvalue weighted by atomic mass is 10.1. The van der Waals surface area contributed by atoms with Gasteiger partial charge in [-0.3, -0.25) is 13.8 Å². The summed E-state index contributed by atoms with van der Waals surface area (Å²) >= 11 is 1.62. The molecule has 13 heteroatoms. The molecule has 0 saturated carbocycles. The molecule has 3 aromatic heterocycles. The summed E-state index contributed by atoms with van der Waals surface area (Å²) in [6.45, 7) is 6.36. The summed E-state index contributed by atoms with van der Waals surface area (Å²) in [5, 5.41) is 13.2. The van der Waals surface area contributed by atoms with Gasteiger partial charge in [-0.1, -0.05) is 20.8 Å². The molecule has 3 heterocycles. The van der Waals surface area contributed by atoms with Crippen LogP contribution in [0.25, 0.3) is 16.9 Å². The molecule has 2 N–H and O–H groups in total. The highest BCUT2D eigenvalue weighted by atomic mass is 32.2. The van der Waals surface area contributed by atoms with Crippen LogP contribution >= 0.6 is 11.8 Å². The second-order valence-electron chi connectivity index (χ2n) is 9.37. The van der Waals surface area contributed by atoms with Crippen LogP contribution in [0.1, 0.15) is 20.8 Å². The van der Waals surface area contributed by atoms with E-state index in [1.54, 1.807) is 37.1 Å². The summed E-state index contributed by atoms with van der Waals surface area (Å²) in [4.78, 5) is 5.43. The van der Waals surface area contributed by atoms with Crippen molar-refractivity contribution in [3.63, 3.8) is 0 Å². The van der Waals surface area contributed by atoms with E-state index >= 15 is 0 Å². The molecule has 0 saturated heterocycles. The number of hydrogen-bond donors (Lipinski definition) is 2. The molecule has 0 aliphatic heterocycles. The number of pyridine rings is 1. The van der Waals surface area contributed by atoms with E-state index in [-0.39, 0.29) is 34.3 Å². The largest absolute Gasteiger partial charge is 0.493 e. The summed E-state index contributed by atoms with van der Waals surface area (Å²) in [5.74, 6) is 1.21. The van der Waals surface area contributed by atoms with E-state index < -0.39 is 10.0 Å². The van der Waals surface area contributed by atoms with E-state index in [1.807, 2.05) is 16.7 Å². The van der Waals surface area contributed by atoms with Gasteiger partial charge >= 0.3 is 0 Å². The van der Waals surface area contributed by atoms with Gasteiger partial charge in [-0.2, -0.15) is 5.10 Å². The highest BCUT2D eigenvalue weighted by molar-refractivity contribution is 8.00. The third-order valence-corrected chi connectivity index (χ3v) is 7.81. The average Bonchev–Trinajstić information content (AvgIpc) is 3.47. The Morgan fingerprint density at radius 2 is 1.84 bits per heavy atom. The van der Waals surface area contributed by atoms with Crippen LogP contribution in [0.5, 0.6) is 17.2 Å². The molecule has 0 aliphatic rings. The lowest BCUT2D eigenvalue weighted by molar-refractivity contribution is 0.198. The number of rotatable bonds is 10. The molecular weight excluding hydrogens is 530 g/mol. The fraction of sp³-hybridized carbons (Fsp3) is 0.360. The number of aliphatic hydroxyl groups is 1. The molecule has 0 aliphatic carbocycles. The third kappa shape index (κ3) is 5.84. The van der Waals surface area contributed by atoms with Crippen molar-refractivity contribution in [3.8, 4) is 28.5 Å². The molecule has 0 radical (unpaired) electrons. The number of anilines is 1. The molecule has 0 fully saturated rings. The van der Waals surface area contributed by atoms with Crippen molar-refractivity contribution in [1.82, 2.24) is 19.2 Å². The van der Waals surface area contributed by atoms with Gasteiger partial charge in [-0.05, 0) is 12.1 Å². The Hall–Kier alpha value is -3.42. The summed E-state index contributed by atoms with van der Waals surface area (Å²) in [6, 6.07) is 5.25. The number of aliphatic hydroxyl groups excluding tert-OH is 1. The number of benzene rings is 1. The van der Waals surface area contributed by atoms with Crippen molar-refractivity contribution in [2.75, 3.05) is 32.2 Å².